The van der Waals surface area contributed by atoms with Crippen molar-refractivity contribution in [3.05, 3.63) is 0 Å². The minimum absolute atomic E-state index is 0. The molecule has 0 aliphatic carbocycles. The Morgan fingerprint density at radius 3 is 2.23 bits per heavy atom. The number of nitrogens with zero attached hydrogens (tertiary/aromatic N) is 1. The van der Waals surface area contributed by atoms with Gasteiger partial charge in [-0.1, -0.05) is 6.92 Å². The van der Waals surface area contributed by atoms with Crippen molar-refractivity contribution in [3.8, 4) is 0 Å². The molecule has 1 rings (SSSR count). The normalized spacial score (nSPS) is 26.7. The van der Waals surface area contributed by atoms with E-state index in [2.05, 4.69) is 0 Å². The van der Waals surface area contributed by atoms with Crippen LogP contribution in [0.15, 0.2) is 0 Å². The Hall–Kier alpha value is -2.26. The zero-order valence-electron chi connectivity index (χ0n) is 7.02. The van der Waals surface area contributed by atoms with Crippen LogP contribution in [0.4, 0.5) is 4.79 Å². The van der Waals surface area contributed by atoms with E-state index in [1.807, 2.05) is 0 Å². The standard InChI is InChI=1S/C7H11NO4.Fm/c1-4-2-3-8(7(11)12)5(4)6(9)10;/h4-5H,2-3H2,1H3,(H,9,10)(H,11,12);. The maximum Gasteiger partial charge on any atom is 0.408 e. The summed E-state index contributed by atoms with van der Waals surface area (Å²) in [6.07, 6.45) is -0.518. The zero-order chi connectivity index (χ0) is 9.30. The predicted octanol–water partition coefficient (Wildman–Crippen LogP) is 0.459. The second-order valence-corrected chi connectivity index (χ2v) is 3.03. The Morgan fingerprint density at radius 1 is 1.38 bits per heavy atom. The van der Waals surface area contributed by atoms with Crippen molar-refractivity contribution in [1.29, 1.82) is 0 Å². The van der Waals surface area contributed by atoms with Crippen molar-refractivity contribution in [2.75, 3.05) is 6.54 Å². The molecule has 2 atom stereocenters. The number of likely N-dealkylation sites (tertiary alicyclic amines) is 1. The molecule has 1 saturated heterocycles. The number of hydrogen-bond acceptors (Lipinski definition) is 2. The van der Waals surface area contributed by atoms with E-state index in [9.17, 15) is 9.59 Å². The first-order valence-corrected chi connectivity index (χ1v) is 3.76. The first kappa shape index (κ1) is 10.7. The van der Waals surface area contributed by atoms with Gasteiger partial charge in [-0.05, 0) is 12.3 Å². The van der Waals surface area contributed by atoms with Crippen molar-refractivity contribution < 1.29 is 19.8 Å². The maximum absolute atomic E-state index is 10.6. The van der Waals surface area contributed by atoms with Crippen molar-refractivity contribution in [1.82, 2.24) is 4.90 Å². The summed E-state index contributed by atoms with van der Waals surface area (Å²) in [5, 5.41) is 17.3. The molecular formula is C7H11FmNO4. The first-order chi connectivity index (χ1) is 5.54. The molecule has 1 fully saturated rings. The van der Waals surface area contributed by atoms with Crippen LogP contribution in [0, 0.1) is 5.92 Å². The molecule has 1 aliphatic heterocycles. The number of rotatable bonds is 1. The third kappa shape index (κ3) is 1.66. The first-order valence-electron chi connectivity index (χ1n) is 3.76. The third-order valence-electron chi connectivity index (χ3n) is 2.20. The maximum atomic E-state index is 10.6. The predicted molar refractivity (Wildman–Crippen MR) is 39.9 cm³/mol. The van der Waals surface area contributed by atoms with Crippen LogP contribution in [-0.2, 0) is 4.79 Å². The fraction of sp³-hybridized carbons (Fsp3) is 0.714. The number of carbonyl (C=O) groups is 2. The van der Waals surface area contributed by atoms with Gasteiger partial charge in [0.05, 0.1) is 0 Å². The van der Waals surface area contributed by atoms with Crippen molar-refractivity contribution >= 4 is 12.1 Å². The number of aliphatic carboxylic acids is 1. The van der Waals surface area contributed by atoms with E-state index in [4.69, 9.17) is 10.2 Å². The number of amides is 1. The van der Waals surface area contributed by atoms with Gasteiger partial charge in [0.2, 0.25) is 0 Å². The second kappa shape index (κ2) is 3.42. The molecule has 1 aliphatic rings. The Morgan fingerprint density at radius 2 is 1.92 bits per heavy atom. The van der Waals surface area contributed by atoms with Crippen LogP contribution in [0.25, 0.3) is 0 Å². The SMILES string of the molecule is CC1CCN(C(=O)O)C1C(=O)O.[Fm]. The molecule has 0 radical (unpaired) electrons. The topological polar surface area (TPSA) is 77.8 Å². The fourth-order valence-corrected chi connectivity index (χ4v) is 1.54. The summed E-state index contributed by atoms with van der Waals surface area (Å²) in [6.45, 7) is 2.08. The van der Waals surface area contributed by atoms with Gasteiger partial charge in [-0.2, -0.15) is 0 Å². The number of carboxylic acid groups (broad SMARTS) is 2. The van der Waals surface area contributed by atoms with E-state index in [0.29, 0.717) is 13.0 Å². The molecular weight excluding hydrogens is 419 g/mol. The van der Waals surface area contributed by atoms with Crippen LogP contribution in [0.2, 0.25) is 0 Å². The van der Waals surface area contributed by atoms with Gasteiger partial charge in [0.1, 0.15) is 6.04 Å². The Labute approximate surface area is 69.6 Å². The molecule has 0 aromatic rings. The number of carboxylic acids is 1. The van der Waals surface area contributed by atoms with Gasteiger partial charge in [0.15, 0.2) is 0 Å². The van der Waals surface area contributed by atoms with Gasteiger partial charge in [0, 0.05) is 6.54 Å². The van der Waals surface area contributed by atoms with Gasteiger partial charge >= 0.3 is 12.1 Å². The van der Waals surface area contributed by atoms with Crippen molar-refractivity contribution in [2.24, 2.45) is 5.92 Å². The van der Waals surface area contributed by atoms with Crippen LogP contribution in [0.5, 0.6) is 0 Å². The summed E-state index contributed by atoms with van der Waals surface area (Å²) in [6, 6.07) is -0.859. The minimum atomic E-state index is -1.15. The molecule has 0 aromatic carbocycles. The average molecular weight is 430 g/mol. The molecule has 6 heteroatoms. The molecule has 0 saturated carbocycles. The molecule has 1 amide bonds. The summed E-state index contributed by atoms with van der Waals surface area (Å²) < 4.78 is 0. The molecule has 5 nitrogen and oxygen atoms in total. The van der Waals surface area contributed by atoms with Crippen LogP contribution in [0.1, 0.15) is 13.3 Å². The van der Waals surface area contributed by atoms with Gasteiger partial charge < -0.3 is 10.2 Å². The van der Waals surface area contributed by atoms with E-state index < -0.39 is 18.1 Å². The average Bonchev–Trinajstić information content (AvgIpc) is 2.30. The second-order valence-electron chi connectivity index (χ2n) is 3.03. The van der Waals surface area contributed by atoms with E-state index in [1.165, 1.54) is 0 Å². The molecule has 0 bridgehead atoms. The Balaban J connectivity index is 0.00000144. The van der Waals surface area contributed by atoms with Crippen LogP contribution < -0.4 is 0 Å². The zero-order valence-corrected chi connectivity index (χ0v) is 9.42. The molecule has 80 valence electrons. The van der Waals surface area contributed by atoms with Gasteiger partial charge in [0.25, 0.3) is 0 Å². The summed E-state index contributed by atoms with van der Waals surface area (Å²) in [5.74, 6) is -1.14. The largest absolute Gasteiger partial charge is 0.480 e. The van der Waals surface area contributed by atoms with Crippen LogP contribution in [0.3, 0.4) is 0 Å². The van der Waals surface area contributed by atoms with Gasteiger partial charge in [-0.3, -0.25) is 4.90 Å². The van der Waals surface area contributed by atoms with E-state index in [0.717, 1.165) is 4.90 Å². The molecule has 0 aromatic heterocycles. The Kier molecular flexibility index (Phi) is 2.83. The molecule has 1 heterocycles. The molecule has 13 heavy (non-hydrogen) atoms. The summed E-state index contributed by atoms with van der Waals surface area (Å²) in [4.78, 5) is 22.1. The smallest absolute Gasteiger partial charge is 0.408 e. The molecule has 2 unspecified atom stereocenters. The van der Waals surface area contributed by atoms with Crippen molar-refractivity contribution in [2.45, 2.75) is 19.4 Å². The monoisotopic (exact) mass is 430 g/mol. The quantitative estimate of drug-likeness (QED) is 0.634. The van der Waals surface area contributed by atoms with E-state index in [1.54, 1.807) is 6.92 Å². The fourth-order valence-electron chi connectivity index (χ4n) is 1.54. The summed E-state index contributed by atoms with van der Waals surface area (Å²) >= 11 is 0. The molecule has 2 N–H and O–H groups in total. The summed E-state index contributed by atoms with van der Waals surface area (Å²) in [7, 11) is 0. The molecule has 0 spiro atoms. The van der Waals surface area contributed by atoms with Crippen LogP contribution in [-0.4, -0.2) is 39.8 Å². The van der Waals surface area contributed by atoms with E-state index in [-0.39, 0.29) is 5.92 Å². The van der Waals surface area contributed by atoms with Gasteiger partial charge in [-0.25, -0.2) is 9.59 Å². The third-order valence-corrected chi connectivity index (χ3v) is 2.20. The van der Waals surface area contributed by atoms with E-state index >= 15 is 0 Å². The van der Waals surface area contributed by atoms with Crippen LogP contribution >= 0.6 is 0 Å². The van der Waals surface area contributed by atoms with Gasteiger partial charge in [-0.15, -0.1) is 0 Å². The number of hydrogen-bond donors (Lipinski definition) is 2. The minimum Gasteiger partial charge on any atom is -0.480 e. The Bertz CT molecular complexity index is 221. The van der Waals surface area contributed by atoms with Crippen molar-refractivity contribution in [3.63, 3.8) is 0 Å². The summed E-state index contributed by atoms with van der Waals surface area (Å²) in [5.41, 5.74) is 0.